The van der Waals surface area contributed by atoms with E-state index < -0.39 is 33.2 Å². The highest BCUT2D eigenvalue weighted by Crippen LogP contribution is 2.29. The van der Waals surface area contributed by atoms with Gasteiger partial charge in [0.25, 0.3) is 5.56 Å². The maximum Gasteiger partial charge on any atom is 0.407 e. The fraction of sp³-hybridized carbons (Fsp3) is 0.458. The molecule has 1 aliphatic heterocycles. The average molecular weight is 519 g/mol. The van der Waals surface area contributed by atoms with Crippen LogP contribution >= 0.6 is 0 Å². The van der Waals surface area contributed by atoms with Crippen LogP contribution in [0.3, 0.4) is 0 Å². The first-order valence-electron chi connectivity index (χ1n) is 11.7. The van der Waals surface area contributed by atoms with Crippen molar-refractivity contribution in [2.45, 2.75) is 57.1 Å². The molecule has 3 N–H and O–H groups in total. The molecule has 1 amide bonds. The first-order valence-corrected chi connectivity index (χ1v) is 13.2. The molecule has 1 fully saturated rings. The number of hydrogen-bond donors (Lipinski definition) is 3. The van der Waals surface area contributed by atoms with Crippen LogP contribution in [-0.2, 0) is 19.5 Å². The van der Waals surface area contributed by atoms with Crippen LogP contribution in [0.25, 0.3) is 21.8 Å². The highest BCUT2D eigenvalue weighted by Gasteiger charge is 2.34. The molecule has 0 bridgehead atoms. The summed E-state index contributed by atoms with van der Waals surface area (Å²) in [6.07, 6.45) is 1.87. The van der Waals surface area contributed by atoms with E-state index in [0.29, 0.717) is 29.1 Å². The SMILES string of the molecule is CCCOC(=O)c1c[nH]c2c(=O)[nH]c3ccc(S(=O)(=O)N4CC[C@H](NC(=O)OC(C)(C)C)C4)cc3c12. The van der Waals surface area contributed by atoms with Gasteiger partial charge in [-0.05, 0) is 51.8 Å². The first-order chi connectivity index (χ1) is 16.9. The lowest BCUT2D eigenvalue weighted by atomic mass is 10.1. The van der Waals surface area contributed by atoms with E-state index >= 15 is 0 Å². The van der Waals surface area contributed by atoms with E-state index in [-0.39, 0.29) is 41.7 Å². The maximum atomic E-state index is 13.5. The number of carbonyl (C=O) groups is 2. The van der Waals surface area contributed by atoms with E-state index in [2.05, 4.69) is 15.3 Å². The lowest BCUT2D eigenvalue weighted by molar-refractivity contribution is 0.0497. The lowest BCUT2D eigenvalue weighted by Gasteiger charge is -2.22. The number of amides is 1. The maximum absolute atomic E-state index is 13.5. The molecule has 0 unspecified atom stereocenters. The van der Waals surface area contributed by atoms with Gasteiger partial charge in [-0.25, -0.2) is 18.0 Å². The molecular weight excluding hydrogens is 488 g/mol. The van der Waals surface area contributed by atoms with E-state index in [1.54, 1.807) is 20.8 Å². The molecular formula is C24H30N4O7S. The van der Waals surface area contributed by atoms with E-state index in [4.69, 9.17) is 9.47 Å². The van der Waals surface area contributed by atoms with Gasteiger partial charge < -0.3 is 24.8 Å². The molecule has 12 heteroatoms. The molecule has 0 radical (unpaired) electrons. The number of carbonyl (C=O) groups excluding carboxylic acids is 2. The predicted octanol–water partition coefficient (Wildman–Crippen LogP) is 2.86. The van der Waals surface area contributed by atoms with Gasteiger partial charge >= 0.3 is 12.1 Å². The number of sulfonamides is 1. The van der Waals surface area contributed by atoms with Crippen LogP contribution in [0, 0.1) is 0 Å². The van der Waals surface area contributed by atoms with Crippen molar-refractivity contribution in [2.24, 2.45) is 0 Å². The molecule has 194 valence electrons. The number of rotatable bonds is 6. The van der Waals surface area contributed by atoms with Crippen molar-refractivity contribution in [3.8, 4) is 0 Å². The Morgan fingerprint density at radius 2 is 2.00 bits per heavy atom. The van der Waals surface area contributed by atoms with Gasteiger partial charge in [0.1, 0.15) is 11.1 Å². The van der Waals surface area contributed by atoms with Gasteiger partial charge in [-0.1, -0.05) is 6.92 Å². The van der Waals surface area contributed by atoms with Crippen LogP contribution in [-0.4, -0.2) is 66.1 Å². The third-order valence-corrected chi connectivity index (χ3v) is 7.64. The summed E-state index contributed by atoms with van der Waals surface area (Å²) in [5.41, 5.74) is -0.388. The van der Waals surface area contributed by atoms with Crippen molar-refractivity contribution in [1.29, 1.82) is 0 Å². The van der Waals surface area contributed by atoms with Crippen molar-refractivity contribution in [1.82, 2.24) is 19.6 Å². The highest BCUT2D eigenvalue weighted by molar-refractivity contribution is 7.89. The Balaban J connectivity index is 1.66. The van der Waals surface area contributed by atoms with Gasteiger partial charge in [-0.2, -0.15) is 4.31 Å². The standard InChI is InChI=1S/C24H30N4O7S/c1-5-10-34-22(30)17-12-25-20-19(17)16-11-15(6-7-18(16)27-21(20)29)36(32,33)28-9-8-14(13-28)26-23(31)35-24(2,3)4/h6-7,11-12,14,25H,5,8-10,13H2,1-4H3,(H,26,31)(H,27,29)/t14-/m0/s1. The van der Waals surface area contributed by atoms with Gasteiger partial charge in [0.2, 0.25) is 10.0 Å². The van der Waals surface area contributed by atoms with Crippen molar-refractivity contribution >= 4 is 43.9 Å². The molecule has 1 aromatic carbocycles. The third-order valence-electron chi connectivity index (χ3n) is 5.78. The molecule has 36 heavy (non-hydrogen) atoms. The molecule has 0 saturated carbocycles. The number of pyridine rings is 1. The van der Waals surface area contributed by atoms with Crippen molar-refractivity contribution in [3.63, 3.8) is 0 Å². The molecule has 3 heterocycles. The third kappa shape index (κ3) is 5.09. The normalized spacial score (nSPS) is 16.9. The van der Waals surface area contributed by atoms with E-state index in [1.165, 1.54) is 28.7 Å². The molecule has 2 aromatic heterocycles. The minimum absolute atomic E-state index is 0.00958. The number of benzene rings is 1. The van der Waals surface area contributed by atoms with Crippen molar-refractivity contribution in [2.75, 3.05) is 19.7 Å². The van der Waals surface area contributed by atoms with Crippen LogP contribution in [0.5, 0.6) is 0 Å². The second-order valence-electron chi connectivity index (χ2n) is 9.74. The summed E-state index contributed by atoms with van der Waals surface area (Å²) in [6, 6.07) is 3.98. The molecule has 11 nitrogen and oxygen atoms in total. The number of ether oxygens (including phenoxy) is 2. The Bertz CT molecular complexity index is 1480. The summed E-state index contributed by atoms with van der Waals surface area (Å²) < 4.78 is 38.7. The van der Waals surface area contributed by atoms with Crippen LogP contribution in [0.2, 0.25) is 0 Å². The summed E-state index contributed by atoms with van der Waals surface area (Å²) in [5, 5.41) is 3.42. The number of hydrogen-bond acceptors (Lipinski definition) is 7. The van der Waals surface area contributed by atoms with Gasteiger partial charge in [-0.3, -0.25) is 4.79 Å². The monoisotopic (exact) mass is 518 g/mol. The number of aromatic nitrogens is 2. The zero-order valence-corrected chi connectivity index (χ0v) is 21.5. The predicted molar refractivity (Wildman–Crippen MR) is 134 cm³/mol. The fourth-order valence-corrected chi connectivity index (χ4v) is 5.71. The topological polar surface area (TPSA) is 151 Å². The van der Waals surface area contributed by atoms with E-state index in [1.807, 2.05) is 6.92 Å². The fourth-order valence-electron chi connectivity index (χ4n) is 4.19. The second-order valence-corrected chi connectivity index (χ2v) is 11.7. The highest BCUT2D eigenvalue weighted by atomic mass is 32.2. The van der Waals surface area contributed by atoms with Gasteiger partial charge in [0.15, 0.2) is 0 Å². The molecule has 1 saturated heterocycles. The van der Waals surface area contributed by atoms with Crippen molar-refractivity contribution < 1.29 is 27.5 Å². The largest absolute Gasteiger partial charge is 0.462 e. The summed E-state index contributed by atoms with van der Waals surface area (Å²) >= 11 is 0. The van der Waals surface area contributed by atoms with Crippen LogP contribution < -0.4 is 10.9 Å². The Hall–Kier alpha value is -3.38. The average Bonchev–Trinajstić information content (AvgIpc) is 3.44. The van der Waals surface area contributed by atoms with Gasteiger partial charge in [-0.15, -0.1) is 0 Å². The Labute approximate surface area is 208 Å². The minimum atomic E-state index is -3.92. The Kier molecular flexibility index (Phi) is 6.84. The molecule has 3 aromatic rings. The molecule has 0 spiro atoms. The zero-order chi connectivity index (χ0) is 26.3. The van der Waals surface area contributed by atoms with Crippen LogP contribution in [0.15, 0.2) is 34.1 Å². The number of nitrogens with zero attached hydrogens (tertiary/aromatic N) is 1. The Morgan fingerprint density at radius 1 is 1.25 bits per heavy atom. The smallest absolute Gasteiger partial charge is 0.407 e. The summed E-state index contributed by atoms with van der Waals surface area (Å²) in [5.74, 6) is -0.598. The summed E-state index contributed by atoms with van der Waals surface area (Å²) in [6.45, 7) is 7.66. The van der Waals surface area contributed by atoms with Gasteiger partial charge in [0, 0.05) is 41.6 Å². The molecule has 0 aliphatic carbocycles. The minimum Gasteiger partial charge on any atom is -0.462 e. The quantitative estimate of drug-likeness (QED) is 0.425. The number of aromatic amines is 2. The lowest BCUT2D eigenvalue weighted by Crippen LogP contribution is -2.41. The summed E-state index contributed by atoms with van der Waals surface area (Å²) in [4.78, 5) is 42.8. The van der Waals surface area contributed by atoms with Crippen molar-refractivity contribution in [3.05, 3.63) is 40.3 Å². The van der Waals surface area contributed by atoms with Crippen LogP contribution in [0.4, 0.5) is 4.79 Å². The number of H-pyrrole nitrogens is 2. The Morgan fingerprint density at radius 3 is 2.69 bits per heavy atom. The number of esters is 1. The molecule has 1 atom stereocenters. The van der Waals surface area contributed by atoms with Gasteiger partial charge in [0.05, 0.1) is 17.1 Å². The van der Waals surface area contributed by atoms with E-state index in [0.717, 1.165) is 0 Å². The molecule has 4 rings (SSSR count). The van der Waals surface area contributed by atoms with Crippen LogP contribution in [0.1, 0.15) is 50.9 Å². The second kappa shape index (κ2) is 9.58. The number of fused-ring (bicyclic) bond motifs is 3. The molecule has 1 aliphatic rings. The zero-order valence-electron chi connectivity index (χ0n) is 20.6. The first kappa shape index (κ1) is 25.7. The van der Waals surface area contributed by atoms with E-state index in [9.17, 15) is 22.8 Å². The number of nitrogens with one attached hydrogen (secondary N) is 3. The summed E-state index contributed by atoms with van der Waals surface area (Å²) in [7, 11) is -3.92. The number of alkyl carbamates (subject to hydrolysis) is 1.